The monoisotopic (exact) mass is 2070 g/mol. The quantitative estimate of drug-likeness (QED) is 0.0599. The van der Waals surface area contributed by atoms with Gasteiger partial charge in [0.2, 0.25) is 5.91 Å². The molecule has 10 heterocycles. The van der Waals surface area contributed by atoms with E-state index < -0.39 is 89.2 Å². The SMILES string of the molecule is CC(=O)N1CCc2c([nH]c3ccc(Br)cc23)C1c1cccc(C(F)(F)F)c1.CCCOC(=O)N1CCc2c([nH]c3ccc(Cl)cc23)C1c1cccc(C(F)(F)F)c1.CCOC(=O)N1CCc2c([nH]c3ccc(Br)cc23)C1c1ccc(F)c(F)c1.CCOC(=O)N1CCc2c([nH]c3ccc(Cl)cc23)C1c1cc(F)ccc1F.ON1CCc2c([nH]c3ccc(Br)cc23)C1c1ccc(Cl)cc1. The Hall–Kier alpha value is -11.3. The molecular weight excluding hydrogens is 1990 g/mol. The first-order chi connectivity index (χ1) is 63.7. The Labute approximate surface area is 796 Å². The number of aromatic nitrogens is 5. The molecule has 0 bridgehead atoms. The summed E-state index contributed by atoms with van der Waals surface area (Å²) in [5.74, 6) is -3.18. The van der Waals surface area contributed by atoms with Gasteiger partial charge in [0.05, 0.1) is 37.0 Å². The molecule has 5 aliphatic heterocycles. The van der Waals surface area contributed by atoms with Crippen LogP contribution in [0.5, 0.6) is 0 Å². The first kappa shape index (κ1) is 94.9. The van der Waals surface area contributed by atoms with E-state index in [4.69, 9.17) is 49.0 Å². The van der Waals surface area contributed by atoms with Gasteiger partial charge in [0.1, 0.15) is 35.8 Å². The Balaban J connectivity index is 0.000000121. The maximum atomic E-state index is 14.6. The molecule has 5 aliphatic rings. The fraction of sp³-hybridized carbons (Fsp3) is 0.253. The van der Waals surface area contributed by atoms with Gasteiger partial charge in [-0.1, -0.05) is 132 Å². The lowest BCUT2D eigenvalue weighted by atomic mass is 9.91. The van der Waals surface area contributed by atoms with Gasteiger partial charge in [-0.2, -0.15) is 31.4 Å². The molecular formula is C99H84Br3Cl3F10N10O8. The van der Waals surface area contributed by atoms with Crippen molar-refractivity contribution in [1.29, 1.82) is 0 Å². The van der Waals surface area contributed by atoms with Crippen LogP contribution in [-0.2, 0) is 63.5 Å². The van der Waals surface area contributed by atoms with E-state index in [-0.39, 0.29) is 37.3 Å². The molecule has 5 aromatic heterocycles. The standard InChI is InChI=1S/C22H20ClF3N2O2.C20H16BrF3N2O.C20H17BrF2N2O2.C20H17ClF2N2O2.C17H14BrClN2O/c1-2-10-30-21(29)28-9-8-16-17-12-15(23)6-7-18(17)27-19(16)20(28)13-4-3-5-14(11-13)22(24,25)26;1-11(27)26-8-7-15-16-10-14(21)5-6-17(16)25-18(15)19(26)12-3-2-4-13(9-12)20(22,23)24;1-2-27-20(26)25-8-7-13-14-10-12(21)4-6-17(14)24-18(13)19(25)11-3-5-15(22)16(23)9-11;1-2-27-20(26)25-8-7-13-14-9-11(21)3-6-17(14)24-18(13)19(25)15-10-12(22)4-5-16(15)23;18-11-3-6-15-14(9-11)13-7-8-21(22)17(16(13)20-15)10-1-4-12(19)5-2-10/h3-7,11-12,20,27H,2,8-10H2,1H3;2-6,9-10,19,25H,7-8H2,1H3;2*3-6,9-10,19,24H,2,7-8H2,1H3;1-6,9,17,20,22H,7-8H2. The summed E-state index contributed by atoms with van der Waals surface area (Å²) < 4.78 is 154. The number of aromatic amines is 5. The molecule has 34 heteroatoms. The number of nitrogens with one attached hydrogen (secondary N) is 5. The molecule has 10 aromatic carbocycles. The number of nitrogens with zero attached hydrogens (tertiary/aromatic N) is 5. The normalized spacial score (nSPS) is 17.0. The van der Waals surface area contributed by atoms with Gasteiger partial charge in [0.25, 0.3) is 0 Å². The highest BCUT2D eigenvalue weighted by Gasteiger charge is 2.43. The second-order valence-corrected chi connectivity index (χ2v) is 36.5. The molecule has 0 spiro atoms. The highest BCUT2D eigenvalue weighted by Crippen LogP contribution is 2.48. The lowest BCUT2D eigenvalue weighted by Crippen LogP contribution is -2.41. The number of halogens is 16. The Bertz CT molecular complexity index is 6950. The van der Waals surface area contributed by atoms with Crippen molar-refractivity contribution in [2.45, 2.75) is 109 Å². The van der Waals surface area contributed by atoms with E-state index in [2.05, 4.69) is 84.8 Å². The molecule has 0 saturated carbocycles. The van der Waals surface area contributed by atoms with Crippen LogP contribution in [0.3, 0.4) is 0 Å². The molecule has 6 N–H and O–H groups in total. The van der Waals surface area contributed by atoms with Crippen LogP contribution < -0.4 is 0 Å². The van der Waals surface area contributed by atoms with Gasteiger partial charge in [-0.15, -0.1) is 0 Å². The van der Waals surface area contributed by atoms with E-state index in [0.717, 1.165) is 168 Å². The Morgan fingerprint density at radius 1 is 0.383 bits per heavy atom. The van der Waals surface area contributed by atoms with Gasteiger partial charge in [-0.25, -0.2) is 31.9 Å². The minimum Gasteiger partial charge on any atom is -0.450 e. The Morgan fingerprint density at radius 2 is 0.737 bits per heavy atom. The molecule has 0 fully saturated rings. The number of rotatable bonds is 9. The van der Waals surface area contributed by atoms with Crippen LogP contribution in [-0.4, -0.2) is 132 Å². The summed E-state index contributed by atoms with van der Waals surface area (Å²) in [6.45, 7) is 9.61. The molecule has 20 rings (SSSR count). The predicted octanol–water partition coefficient (Wildman–Crippen LogP) is 27.2. The van der Waals surface area contributed by atoms with Crippen LogP contribution in [0.15, 0.2) is 214 Å². The highest BCUT2D eigenvalue weighted by atomic mass is 79.9. The van der Waals surface area contributed by atoms with Crippen molar-refractivity contribution in [3.63, 3.8) is 0 Å². The van der Waals surface area contributed by atoms with E-state index in [1.807, 2.05) is 97.9 Å². The van der Waals surface area contributed by atoms with Gasteiger partial charge < -0.3 is 49.2 Å². The van der Waals surface area contributed by atoms with E-state index in [9.17, 15) is 68.3 Å². The van der Waals surface area contributed by atoms with Crippen molar-refractivity contribution < 1.29 is 82.5 Å². The van der Waals surface area contributed by atoms with E-state index in [0.29, 0.717) is 108 Å². The highest BCUT2D eigenvalue weighted by molar-refractivity contribution is 9.11. The summed E-state index contributed by atoms with van der Waals surface area (Å²) in [7, 11) is 0. The molecule has 0 radical (unpaired) electrons. The minimum absolute atomic E-state index is 0.0849. The zero-order chi connectivity index (χ0) is 94.3. The number of hydroxylamine groups is 2. The van der Waals surface area contributed by atoms with Gasteiger partial charge in [-0.3, -0.25) is 19.5 Å². The maximum absolute atomic E-state index is 14.6. The zero-order valence-corrected chi connectivity index (χ0v) is 78.5. The molecule has 690 valence electrons. The third kappa shape index (κ3) is 19.9. The van der Waals surface area contributed by atoms with Gasteiger partial charge >= 0.3 is 30.6 Å². The van der Waals surface area contributed by atoms with Crippen LogP contribution in [0.1, 0.15) is 160 Å². The number of H-pyrrole nitrogens is 5. The fourth-order valence-corrected chi connectivity index (χ4v) is 20.0. The van der Waals surface area contributed by atoms with Gasteiger partial charge in [0, 0.05) is 157 Å². The van der Waals surface area contributed by atoms with Gasteiger partial charge in [-0.05, 0) is 260 Å². The predicted molar refractivity (Wildman–Crippen MR) is 501 cm³/mol. The second kappa shape index (κ2) is 39.7. The lowest BCUT2D eigenvalue weighted by Gasteiger charge is -2.35. The number of hydrogen-bond donors (Lipinski definition) is 6. The average Bonchev–Trinajstić information content (AvgIpc) is 1.68. The number of hydrogen-bond acceptors (Lipinski definition) is 9. The largest absolute Gasteiger partial charge is 0.450 e. The number of fused-ring (bicyclic) bond motifs is 15. The summed E-state index contributed by atoms with van der Waals surface area (Å²) in [5.41, 5.74) is 14.8. The summed E-state index contributed by atoms with van der Waals surface area (Å²) in [5, 5.41) is 18.8. The summed E-state index contributed by atoms with van der Waals surface area (Å²) in [6.07, 6.45) is -6.60. The first-order valence-corrected chi connectivity index (χ1v) is 46.2. The molecule has 5 atom stereocenters. The molecule has 5 unspecified atom stereocenters. The first-order valence-electron chi connectivity index (χ1n) is 42.7. The smallest absolute Gasteiger partial charge is 0.416 e. The second-order valence-electron chi connectivity index (χ2n) is 32.4. The van der Waals surface area contributed by atoms with Gasteiger partial charge in [0.15, 0.2) is 11.6 Å². The fourth-order valence-electron chi connectivity index (χ4n) is 18.4. The van der Waals surface area contributed by atoms with E-state index >= 15 is 0 Å². The van der Waals surface area contributed by atoms with Crippen molar-refractivity contribution in [3.8, 4) is 0 Å². The molecule has 0 saturated heterocycles. The number of ether oxygens (including phenoxy) is 3. The summed E-state index contributed by atoms with van der Waals surface area (Å²) >= 11 is 28.8. The zero-order valence-electron chi connectivity index (χ0n) is 71.4. The van der Waals surface area contributed by atoms with Crippen LogP contribution >= 0.6 is 82.6 Å². The van der Waals surface area contributed by atoms with Crippen molar-refractivity contribution in [2.75, 3.05) is 52.5 Å². The van der Waals surface area contributed by atoms with E-state index in [1.54, 1.807) is 47.9 Å². The lowest BCUT2D eigenvalue weighted by molar-refractivity contribution is -0.138. The molecule has 15 aromatic rings. The molecule has 0 aliphatic carbocycles. The Kier molecular flexibility index (Phi) is 28.3. The van der Waals surface area contributed by atoms with Crippen molar-refractivity contribution in [2.24, 2.45) is 0 Å². The molecule has 133 heavy (non-hydrogen) atoms. The average molecular weight is 2080 g/mol. The Morgan fingerprint density at radius 3 is 1.15 bits per heavy atom. The number of alkyl halides is 6. The third-order valence-corrected chi connectivity index (χ3v) is 26.5. The van der Waals surface area contributed by atoms with Crippen LogP contribution in [0.2, 0.25) is 15.1 Å². The van der Waals surface area contributed by atoms with Crippen LogP contribution in [0, 0.1) is 23.3 Å². The number of benzene rings is 10. The summed E-state index contributed by atoms with van der Waals surface area (Å²) in [4.78, 5) is 72.9. The van der Waals surface area contributed by atoms with Crippen LogP contribution in [0.25, 0.3) is 54.5 Å². The minimum atomic E-state index is -4.48. The molecule has 4 amide bonds. The summed E-state index contributed by atoms with van der Waals surface area (Å²) in [6, 6.07) is 50.9. The van der Waals surface area contributed by atoms with Crippen molar-refractivity contribution >= 4 is 161 Å². The topological polar surface area (TPSA) is 211 Å². The molecule has 18 nitrogen and oxygen atoms in total. The maximum Gasteiger partial charge on any atom is 0.416 e. The number of carbonyl (C=O) groups excluding carboxylic acids is 4. The number of amides is 4. The third-order valence-electron chi connectivity index (χ3n) is 24.3. The number of carbonyl (C=O) groups is 4. The van der Waals surface area contributed by atoms with E-state index in [1.165, 1.54) is 50.9 Å². The van der Waals surface area contributed by atoms with Crippen molar-refractivity contribution in [3.05, 3.63) is 347 Å². The van der Waals surface area contributed by atoms with Crippen molar-refractivity contribution in [1.82, 2.24) is 49.6 Å². The van der Waals surface area contributed by atoms with Crippen LogP contribution in [0.4, 0.5) is 58.3 Å².